The Morgan fingerprint density at radius 2 is 2.26 bits per heavy atom. The Balaban J connectivity index is 2.38. The number of rotatable bonds is 4. The number of benzene rings is 1. The van der Waals surface area contributed by atoms with Crippen LogP contribution < -0.4 is 16.0 Å². The Kier molecular flexibility index (Phi) is 3.91. The largest absolute Gasteiger partial charge is 0.438 e. The molecule has 1 aromatic carbocycles. The Morgan fingerprint density at radius 3 is 2.95 bits per heavy atom. The summed E-state index contributed by atoms with van der Waals surface area (Å²) in [6.07, 6.45) is 0.569. The number of aryl methyl sites for hydroxylation is 1. The summed E-state index contributed by atoms with van der Waals surface area (Å²) in [4.78, 5) is 18.1. The maximum absolute atomic E-state index is 13.5. The quantitative estimate of drug-likeness (QED) is 0.880. The molecule has 2 rings (SSSR count). The highest BCUT2D eigenvalue weighted by Crippen LogP contribution is 2.25. The van der Waals surface area contributed by atoms with E-state index in [1.807, 2.05) is 6.92 Å². The Labute approximate surface area is 109 Å². The van der Waals surface area contributed by atoms with Gasteiger partial charge in [0, 0.05) is 18.5 Å². The molecule has 0 saturated carbocycles. The highest BCUT2D eigenvalue weighted by Gasteiger charge is 2.10. The minimum atomic E-state index is -0.444. The molecule has 0 fully saturated rings. The molecule has 0 aliphatic rings. The predicted molar refractivity (Wildman–Crippen MR) is 68.6 cm³/mol. The van der Waals surface area contributed by atoms with E-state index in [9.17, 15) is 9.18 Å². The standard InChI is InChI=1S/C13H14FN3O2/c1-2-11-16-12(18)6-13(17-11)19-10-5-3-4-9(14)8(10)7-15/h3-6H,2,7,15H2,1H3,(H,16,17,18). The maximum atomic E-state index is 13.5. The third-order valence-corrected chi connectivity index (χ3v) is 2.60. The number of H-pyrrole nitrogens is 1. The van der Waals surface area contributed by atoms with E-state index < -0.39 is 5.82 Å². The molecule has 1 aromatic heterocycles. The van der Waals surface area contributed by atoms with E-state index in [1.165, 1.54) is 18.2 Å². The van der Waals surface area contributed by atoms with Gasteiger partial charge in [0.25, 0.3) is 5.56 Å². The van der Waals surface area contributed by atoms with E-state index in [-0.39, 0.29) is 29.3 Å². The number of hydrogen-bond acceptors (Lipinski definition) is 4. The van der Waals surface area contributed by atoms with Crippen molar-refractivity contribution in [3.05, 3.63) is 51.8 Å². The molecule has 5 nitrogen and oxygen atoms in total. The van der Waals surface area contributed by atoms with Crippen LogP contribution >= 0.6 is 0 Å². The lowest BCUT2D eigenvalue weighted by atomic mass is 10.2. The summed E-state index contributed by atoms with van der Waals surface area (Å²) in [5.41, 5.74) is 5.42. The number of halogens is 1. The first-order valence-corrected chi connectivity index (χ1v) is 5.89. The number of nitrogens with two attached hydrogens (primary N) is 1. The van der Waals surface area contributed by atoms with E-state index in [1.54, 1.807) is 6.07 Å². The van der Waals surface area contributed by atoms with Crippen LogP contribution in [0, 0.1) is 5.82 Å². The SMILES string of the molecule is CCc1nc(Oc2cccc(F)c2CN)cc(=O)[nH]1. The summed E-state index contributed by atoms with van der Waals surface area (Å²) in [6.45, 7) is 1.86. The van der Waals surface area contributed by atoms with E-state index in [0.717, 1.165) is 0 Å². The number of hydrogen-bond donors (Lipinski definition) is 2. The highest BCUT2D eigenvalue weighted by atomic mass is 19.1. The van der Waals surface area contributed by atoms with Gasteiger partial charge in [-0.05, 0) is 12.1 Å². The molecule has 0 atom stereocenters. The van der Waals surface area contributed by atoms with E-state index in [0.29, 0.717) is 12.2 Å². The lowest BCUT2D eigenvalue weighted by molar-refractivity contribution is 0.445. The Bertz CT molecular complexity index is 640. The zero-order valence-corrected chi connectivity index (χ0v) is 10.4. The smallest absolute Gasteiger partial charge is 0.254 e. The van der Waals surface area contributed by atoms with Crippen LogP contribution in [-0.4, -0.2) is 9.97 Å². The minimum Gasteiger partial charge on any atom is -0.438 e. The van der Waals surface area contributed by atoms with Crippen molar-refractivity contribution in [2.45, 2.75) is 19.9 Å². The van der Waals surface area contributed by atoms with Crippen LogP contribution in [-0.2, 0) is 13.0 Å². The fraction of sp³-hybridized carbons (Fsp3) is 0.231. The topological polar surface area (TPSA) is 81.0 Å². The second-order valence-electron chi connectivity index (χ2n) is 3.91. The minimum absolute atomic E-state index is 0.00579. The number of aromatic amines is 1. The predicted octanol–water partition coefficient (Wildman–Crippen LogP) is 1.72. The molecule has 2 aromatic rings. The van der Waals surface area contributed by atoms with E-state index >= 15 is 0 Å². The van der Waals surface area contributed by atoms with Crippen LogP contribution in [0.3, 0.4) is 0 Å². The molecule has 1 heterocycles. The summed E-state index contributed by atoms with van der Waals surface area (Å²) < 4.78 is 19.0. The van der Waals surface area contributed by atoms with Gasteiger partial charge in [-0.1, -0.05) is 13.0 Å². The summed E-state index contributed by atoms with van der Waals surface area (Å²) in [7, 11) is 0. The molecule has 0 aliphatic heterocycles. The first-order chi connectivity index (χ1) is 9.13. The van der Waals surface area contributed by atoms with Crippen molar-refractivity contribution in [3.8, 4) is 11.6 Å². The van der Waals surface area contributed by atoms with Crippen molar-refractivity contribution in [1.29, 1.82) is 0 Å². The normalized spacial score (nSPS) is 10.5. The highest BCUT2D eigenvalue weighted by molar-refractivity contribution is 5.36. The number of nitrogens with zero attached hydrogens (tertiary/aromatic N) is 1. The Morgan fingerprint density at radius 1 is 1.47 bits per heavy atom. The molecule has 6 heteroatoms. The van der Waals surface area contributed by atoms with Crippen LogP contribution in [0.4, 0.5) is 4.39 Å². The van der Waals surface area contributed by atoms with E-state index in [2.05, 4.69) is 9.97 Å². The molecule has 0 saturated heterocycles. The first-order valence-electron chi connectivity index (χ1n) is 5.89. The van der Waals surface area contributed by atoms with Crippen LogP contribution in [0.2, 0.25) is 0 Å². The molecule has 0 bridgehead atoms. The first kappa shape index (κ1) is 13.2. The zero-order valence-electron chi connectivity index (χ0n) is 10.4. The van der Waals surface area contributed by atoms with Gasteiger partial charge in [-0.25, -0.2) is 4.39 Å². The molecule has 0 aliphatic carbocycles. The van der Waals surface area contributed by atoms with Gasteiger partial charge < -0.3 is 15.5 Å². The van der Waals surface area contributed by atoms with Gasteiger partial charge in [0.05, 0.1) is 6.07 Å². The Hall–Kier alpha value is -2.21. The number of aromatic nitrogens is 2. The molecule has 0 radical (unpaired) electrons. The monoisotopic (exact) mass is 263 g/mol. The molecule has 100 valence electrons. The van der Waals surface area contributed by atoms with Crippen LogP contribution in [0.5, 0.6) is 11.6 Å². The van der Waals surface area contributed by atoms with Crippen molar-refractivity contribution >= 4 is 0 Å². The molecule has 0 unspecified atom stereocenters. The second-order valence-corrected chi connectivity index (χ2v) is 3.91. The van der Waals surface area contributed by atoms with Crippen molar-refractivity contribution in [1.82, 2.24) is 9.97 Å². The number of nitrogens with one attached hydrogen (secondary N) is 1. The zero-order chi connectivity index (χ0) is 13.8. The fourth-order valence-corrected chi connectivity index (χ4v) is 1.65. The summed E-state index contributed by atoms with van der Waals surface area (Å²) in [5, 5.41) is 0. The summed E-state index contributed by atoms with van der Waals surface area (Å²) in [5.74, 6) is 0.456. The van der Waals surface area contributed by atoms with Crippen LogP contribution in [0.1, 0.15) is 18.3 Å². The maximum Gasteiger partial charge on any atom is 0.254 e. The van der Waals surface area contributed by atoms with E-state index in [4.69, 9.17) is 10.5 Å². The van der Waals surface area contributed by atoms with Crippen molar-refractivity contribution < 1.29 is 9.13 Å². The molecule has 3 N–H and O–H groups in total. The number of ether oxygens (including phenoxy) is 1. The van der Waals surface area contributed by atoms with Crippen LogP contribution in [0.15, 0.2) is 29.1 Å². The molecule has 0 spiro atoms. The van der Waals surface area contributed by atoms with Gasteiger partial charge in [0.2, 0.25) is 5.88 Å². The average molecular weight is 263 g/mol. The lowest BCUT2D eigenvalue weighted by Crippen LogP contribution is -2.11. The molecular weight excluding hydrogens is 249 g/mol. The van der Waals surface area contributed by atoms with Crippen molar-refractivity contribution in [2.24, 2.45) is 5.73 Å². The van der Waals surface area contributed by atoms with Gasteiger partial charge >= 0.3 is 0 Å². The molecule has 19 heavy (non-hydrogen) atoms. The summed E-state index contributed by atoms with van der Waals surface area (Å²) >= 11 is 0. The van der Waals surface area contributed by atoms with Gasteiger partial charge in [0.1, 0.15) is 17.4 Å². The third kappa shape index (κ3) is 2.97. The summed E-state index contributed by atoms with van der Waals surface area (Å²) in [6, 6.07) is 5.61. The molecule has 0 amide bonds. The van der Waals surface area contributed by atoms with Gasteiger partial charge in [-0.3, -0.25) is 4.79 Å². The average Bonchev–Trinajstić information content (AvgIpc) is 2.38. The van der Waals surface area contributed by atoms with Gasteiger partial charge in [-0.15, -0.1) is 0 Å². The van der Waals surface area contributed by atoms with Crippen molar-refractivity contribution in [3.63, 3.8) is 0 Å². The van der Waals surface area contributed by atoms with Crippen molar-refractivity contribution in [2.75, 3.05) is 0 Å². The fourth-order valence-electron chi connectivity index (χ4n) is 1.65. The second kappa shape index (κ2) is 5.62. The molecular formula is C13H14FN3O2. The lowest BCUT2D eigenvalue weighted by Gasteiger charge is -2.10. The van der Waals surface area contributed by atoms with Gasteiger partial charge in [0.15, 0.2) is 0 Å². The van der Waals surface area contributed by atoms with Gasteiger partial charge in [-0.2, -0.15) is 4.98 Å². The van der Waals surface area contributed by atoms with Crippen LogP contribution in [0.25, 0.3) is 0 Å². The third-order valence-electron chi connectivity index (χ3n) is 2.60.